The van der Waals surface area contributed by atoms with Gasteiger partial charge in [-0.05, 0) is 0 Å². The molecule has 0 aliphatic heterocycles. The smallest absolute Gasteiger partial charge is 2.00 e. The van der Waals surface area contributed by atoms with Gasteiger partial charge in [0.1, 0.15) is 0 Å². The van der Waals surface area contributed by atoms with Crippen LogP contribution in [0.25, 0.3) is 0 Å². The van der Waals surface area contributed by atoms with Gasteiger partial charge < -0.3 is 60.2 Å². The summed E-state index contributed by atoms with van der Waals surface area (Å²) in [6.07, 6.45) is 0. The predicted octanol–water partition coefficient (Wildman–Crippen LogP) is -3.77. The zero-order valence-corrected chi connectivity index (χ0v) is 15.1. The molecule has 0 atom stereocenters. The summed E-state index contributed by atoms with van der Waals surface area (Å²) < 4.78 is 0. The van der Waals surface area contributed by atoms with Crippen LogP contribution in [0.4, 0.5) is 0 Å². The van der Waals surface area contributed by atoms with Crippen LogP contribution in [0, 0.1) is 0 Å². The van der Waals surface area contributed by atoms with Gasteiger partial charge in [-0.3, -0.25) is 0 Å². The van der Waals surface area contributed by atoms with Crippen LogP contribution in [0.15, 0.2) is 0 Å². The first-order valence-corrected chi connectivity index (χ1v) is 0. The molecule has 88 valence electrons. The van der Waals surface area contributed by atoms with Crippen LogP contribution >= 0.6 is 0 Å². The minimum Gasteiger partial charge on any atom is -2.00 e. The Morgan fingerprint density at radius 1 is 0.294 bits per heavy atom. The Morgan fingerprint density at radius 2 is 0.294 bits per heavy atom. The van der Waals surface area contributed by atoms with E-state index >= 15 is 0 Å². The molecule has 0 aromatic rings. The van der Waals surface area contributed by atoms with Crippen LogP contribution in [0.2, 0.25) is 0 Å². The Balaban J connectivity index is 0. The second-order valence-corrected chi connectivity index (χ2v) is 0. The van der Waals surface area contributed by atoms with Crippen molar-refractivity contribution >= 4 is 96.4 Å². The average Bonchev–Trinajstić information content (AvgIpc) is 0. The minimum atomic E-state index is 0. The molecule has 17 heteroatoms. The van der Waals surface area contributed by atoms with E-state index in [1.807, 2.05) is 0 Å². The third-order valence-electron chi connectivity index (χ3n) is 0. The molecule has 0 aliphatic rings. The molecule has 0 aromatic heterocycles. The van der Waals surface area contributed by atoms with E-state index in [4.69, 9.17) is 0 Å². The van der Waals surface area contributed by atoms with Crippen molar-refractivity contribution in [1.82, 2.24) is 0 Å². The van der Waals surface area contributed by atoms with Crippen LogP contribution in [-0.2, 0) is 43.8 Å². The van der Waals surface area contributed by atoms with Crippen molar-refractivity contribution in [2.75, 3.05) is 0 Å². The molecule has 3 N–H and O–H groups in total. The summed E-state index contributed by atoms with van der Waals surface area (Å²) in [5, 5.41) is 0. The number of hydrogen-bond donors (Lipinski definition) is 0. The molecule has 0 rings (SSSR count). The fourth-order valence-electron chi connectivity index (χ4n) is 0. The van der Waals surface area contributed by atoms with Crippen LogP contribution in [0.1, 0.15) is 0 Å². The van der Waals surface area contributed by atoms with E-state index in [1.165, 1.54) is 0 Å². The summed E-state index contributed by atoms with van der Waals surface area (Å²) in [4.78, 5) is 0. The fourth-order valence-corrected chi connectivity index (χ4v) is 0. The predicted molar refractivity (Wildman–Crippen MR) is 45.8 cm³/mol. The second-order valence-electron chi connectivity index (χ2n) is 0. The Hall–Kier alpha value is 2.28. The molecular formula is H3AlMg2O11Si3. The van der Waals surface area contributed by atoms with Crippen molar-refractivity contribution in [2.24, 2.45) is 0 Å². The third kappa shape index (κ3) is 935. The van der Waals surface area contributed by atoms with E-state index in [1.54, 1.807) is 0 Å². The maximum absolute atomic E-state index is 0. The summed E-state index contributed by atoms with van der Waals surface area (Å²) in [5.74, 6) is 0. The van der Waals surface area contributed by atoms with Gasteiger partial charge in [-0.15, -0.1) is 0 Å². The molecule has 11 nitrogen and oxygen atoms in total. The standard InChI is InChI=1S/Al.2Mg.3H2O.8O.3Si/h;;;3*1H2;;;;;;;;;;;/q+3;2*+2;;;;8*-2;3*+4/p-3. The van der Waals surface area contributed by atoms with Gasteiger partial charge in [-0.1, -0.05) is 0 Å². The molecule has 0 amide bonds. The Labute approximate surface area is 155 Å². The van der Waals surface area contributed by atoms with E-state index in [0.717, 1.165) is 0 Å². The molecule has 0 radical (unpaired) electrons. The summed E-state index contributed by atoms with van der Waals surface area (Å²) in [5.41, 5.74) is 0. The Morgan fingerprint density at radius 3 is 0.294 bits per heavy atom. The van der Waals surface area contributed by atoms with Gasteiger partial charge >= 0.3 is 96.4 Å². The SMILES string of the molecule is [Al+3].[Mg+2].[Mg+2].[O-2].[O-2].[O-2].[O-2].[O-2].[O-2].[O-2].[O-2].[OH-].[OH-].[OH-].[Si+4].[Si+4].[Si+4]. The molecular weight excluding hydrogens is 336 g/mol. The first kappa shape index (κ1) is 1240. The molecule has 0 spiro atoms. The fraction of sp³-hybridized carbons (Fsp3) is 0. The van der Waals surface area contributed by atoms with Crippen LogP contribution in [-0.4, -0.2) is 113 Å². The summed E-state index contributed by atoms with van der Waals surface area (Å²) in [7, 11) is 0. The van der Waals surface area contributed by atoms with Crippen molar-refractivity contribution < 1.29 is 60.2 Å². The number of hydrogen-bond acceptors (Lipinski definition) is 3. The molecule has 0 saturated carbocycles. The summed E-state index contributed by atoms with van der Waals surface area (Å²) >= 11 is 0. The first-order valence-electron chi connectivity index (χ1n) is 0. The first-order chi connectivity index (χ1) is 0. The van der Waals surface area contributed by atoms with Crippen molar-refractivity contribution in [3.8, 4) is 0 Å². The van der Waals surface area contributed by atoms with Gasteiger partial charge in [-0.25, -0.2) is 0 Å². The minimum absolute atomic E-state index is 0. The molecule has 0 bridgehead atoms. The van der Waals surface area contributed by atoms with Crippen molar-refractivity contribution in [1.29, 1.82) is 0 Å². The molecule has 0 aliphatic carbocycles. The van der Waals surface area contributed by atoms with Gasteiger partial charge in [0.2, 0.25) is 0 Å². The van der Waals surface area contributed by atoms with E-state index in [9.17, 15) is 0 Å². The quantitative estimate of drug-likeness (QED) is 0.401. The molecule has 17 heavy (non-hydrogen) atoms. The van der Waals surface area contributed by atoms with E-state index in [-0.39, 0.29) is 157 Å². The van der Waals surface area contributed by atoms with Gasteiger partial charge in [0.25, 0.3) is 0 Å². The van der Waals surface area contributed by atoms with Crippen molar-refractivity contribution in [3.63, 3.8) is 0 Å². The van der Waals surface area contributed by atoms with Crippen LogP contribution in [0.5, 0.6) is 0 Å². The van der Waals surface area contributed by atoms with Crippen LogP contribution in [0.3, 0.4) is 0 Å². The van der Waals surface area contributed by atoms with Gasteiger partial charge in [-0.2, -0.15) is 0 Å². The maximum Gasteiger partial charge on any atom is 4.00 e. The average molecular weight is 339 g/mol. The van der Waals surface area contributed by atoms with E-state index < -0.39 is 0 Å². The van der Waals surface area contributed by atoms with Gasteiger partial charge in [0.15, 0.2) is 0 Å². The second kappa shape index (κ2) is 1050. The van der Waals surface area contributed by atoms with Crippen LogP contribution < -0.4 is 0 Å². The van der Waals surface area contributed by atoms with Gasteiger partial charge in [0.05, 0.1) is 0 Å². The largest absolute Gasteiger partial charge is 4.00 e. The van der Waals surface area contributed by atoms with E-state index in [2.05, 4.69) is 0 Å². The Bertz CT molecular complexity index is 24.7. The normalized spacial score (nSPS) is 0. The zero-order valence-electron chi connectivity index (χ0n) is 8.10. The zero-order chi connectivity index (χ0) is 0. The molecule has 0 saturated heterocycles. The van der Waals surface area contributed by atoms with Crippen molar-refractivity contribution in [3.05, 3.63) is 0 Å². The third-order valence-corrected chi connectivity index (χ3v) is 0. The summed E-state index contributed by atoms with van der Waals surface area (Å²) in [6.45, 7) is 0. The van der Waals surface area contributed by atoms with E-state index in [0.29, 0.717) is 0 Å². The monoisotopic (exact) mass is 338 g/mol. The topological polar surface area (TPSA) is 318 Å². The van der Waals surface area contributed by atoms with Gasteiger partial charge in [0, 0.05) is 0 Å². The Kier molecular flexibility index (Phi) is 77000. The van der Waals surface area contributed by atoms with Crippen molar-refractivity contribution in [2.45, 2.75) is 0 Å². The molecule has 0 unspecified atom stereocenters. The maximum atomic E-state index is 0. The summed E-state index contributed by atoms with van der Waals surface area (Å²) in [6, 6.07) is 0. The molecule has 0 fully saturated rings. The molecule has 0 aromatic carbocycles. The number of rotatable bonds is 0. The molecule has 0 heterocycles.